The lowest BCUT2D eigenvalue weighted by Gasteiger charge is -2.33. The predicted octanol–water partition coefficient (Wildman–Crippen LogP) is 4.23. The molecule has 0 saturated carbocycles. The summed E-state index contributed by atoms with van der Waals surface area (Å²) in [7, 11) is 0. The van der Waals surface area contributed by atoms with Crippen LogP contribution in [0.5, 0.6) is 5.75 Å². The van der Waals surface area contributed by atoms with E-state index in [0.29, 0.717) is 29.9 Å². The molecule has 1 aromatic heterocycles. The number of aromatic nitrogens is 1. The van der Waals surface area contributed by atoms with Gasteiger partial charge in [0.2, 0.25) is 0 Å². The SMILES string of the molecule is CSc1cccc(-n2c(C)cc(C(=O)CN3C(=O)NC4(CCOc5ccccc54)C3=O)c2C)c1. The van der Waals surface area contributed by atoms with Gasteiger partial charge in [-0.15, -0.1) is 11.8 Å². The van der Waals surface area contributed by atoms with Gasteiger partial charge in [-0.3, -0.25) is 14.5 Å². The Morgan fingerprint density at radius 2 is 1.91 bits per heavy atom. The van der Waals surface area contributed by atoms with Crippen LogP contribution >= 0.6 is 11.8 Å². The number of hydrogen-bond acceptors (Lipinski definition) is 5. The number of imide groups is 1. The Morgan fingerprint density at radius 1 is 1.12 bits per heavy atom. The van der Waals surface area contributed by atoms with E-state index in [1.54, 1.807) is 23.9 Å². The van der Waals surface area contributed by atoms with Crippen molar-refractivity contribution in [3.05, 3.63) is 77.1 Å². The van der Waals surface area contributed by atoms with Gasteiger partial charge in [-0.25, -0.2) is 4.79 Å². The van der Waals surface area contributed by atoms with Crippen molar-refractivity contribution in [2.24, 2.45) is 0 Å². The summed E-state index contributed by atoms with van der Waals surface area (Å²) in [5.74, 6) is -0.115. The third kappa shape index (κ3) is 3.40. The Kier molecular flexibility index (Phi) is 5.48. The first-order chi connectivity index (χ1) is 16.4. The molecule has 1 spiro atoms. The molecule has 3 aromatic rings. The third-order valence-corrected chi connectivity index (χ3v) is 7.33. The molecule has 1 N–H and O–H groups in total. The van der Waals surface area contributed by atoms with Crippen molar-refractivity contribution in [3.8, 4) is 11.4 Å². The van der Waals surface area contributed by atoms with Gasteiger partial charge in [-0.1, -0.05) is 24.3 Å². The van der Waals surface area contributed by atoms with Crippen molar-refractivity contribution >= 4 is 29.5 Å². The smallest absolute Gasteiger partial charge is 0.325 e. The average Bonchev–Trinajstić information content (AvgIpc) is 3.27. The fourth-order valence-corrected chi connectivity index (χ4v) is 5.39. The standard InChI is InChI=1S/C26H25N3O4S/c1-16-13-20(17(2)29(16)18-7-6-8-19(14-18)34-3)22(30)15-28-24(31)26(27-25(28)32)11-12-33-23-10-5-4-9-21(23)26/h4-10,13-14H,11-12,15H2,1-3H3,(H,27,32). The molecule has 2 aliphatic rings. The van der Waals surface area contributed by atoms with Gasteiger partial charge < -0.3 is 14.6 Å². The number of hydrogen-bond donors (Lipinski definition) is 1. The predicted molar refractivity (Wildman–Crippen MR) is 130 cm³/mol. The summed E-state index contributed by atoms with van der Waals surface area (Å²) in [6.45, 7) is 3.82. The minimum Gasteiger partial charge on any atom is -0.493 e. The van der Waals surface area contributed by atoms with Crippen LogP contribution in [0.1, 0.15) is 33.7 Å². The van der Waals surface area contributed by atoms with E-state index >= 15 is 0 Å². The lowest BCUT2D eigenvalue weighted by atomic mass is 9.84. The van der Waals surface area contributed by atoms with E-state index in [2.05, 4.69) is 11.4 Å². The number of urea groups is 1. The Bertz CT molecular complexity index is 1330. The van der Waals surface area contributed by atoms with E-state index < -0.39 is 17.5 Å². The van der Waals surface area contributed by atoms with Crippen molar-refractivity contribution in [2.45, 2.75) is 30.7 Å². The Morgan fingerprint density at radius 3 is 2.71 bits per heavy atom. The van der Waals surface area contributed by atoms with E-state index in [0.717, 1.165) is 26.9 Å². The van der Waals surface area contributed by atoms with Gasteiger partial charge in [0.05, 0.1) is 13.2 Å². The fourth-order valence-electron chi connectivity index (χ4n) is 4.94. The number of fused-ring (bicyclic) bond motifs is 2. The van der Waals surface area contributed by atoms with Crippen molar-refractivity contribution in [3.63, 3.8) is 0 Å². The van der Waals surface area contributed by atoms with Crippen LogP contribution in [-0.4, -0.2) is 46.6 Å². The molecule has 1 fully saturated rings. The quantitative estimate of drug-likeness (QED) is 0.339. The summed E-state index contributed by atoms with van der Waals surface area (Å²) in [6, 6.07) is 16.6. The zero-order chi connectivity index (χ0) is 24.0. The number of thioether (sulfide) groups is 1. The largest absolute Gasteiger partial charge is 0.493 e. The number of para-hydroxylation sites is 1. The Balaban J connectivity index is 1.44. The van der Waals surface area contributed by atoms with E-state index in [1.807, 2.05) is 61.1 Å². The average molecular weight is 476 g/mol. The van der Waals surface area contributed by atoms with Crippen molar-refractivity contribution in [1.82, 2.24) is 14.8 Å². The molecule has 7 nitrogen and oxygen atoms in total. The van der Waals surface area contributed by atoms with Crippen LogP contribution in [0.4, 0.5) is 4.79 Å². The molecule has 1 atom stereocenters. The third-order valence-electron chi connectivity index (χ3n) is 6.60. The first-order valence-electron chi connectivity index (χ1n) is 11.1. The summed E-state index contributed by atoms with van der Waals surface area (Å²) in [6.07, 6.45) is 2.34. The summed E-state index contributed by atoms with van der Waals surface area (Å²) in [5.41, 5.74) is 2.59. The number of carbonyl (C=O) groups is 3. The normalized spacial score (nSPS) is 19.2. The Hall–Kier alpha value is -3.52. The monoisotopic (exact) mass is 475 g/mol. The second-order valence-corrected chi connectivity index (χ2v) is 9.45. The maximum absolute atomic E-state index is 13.5. The summed E-state index contributed by atoms with van der Waals surface area (Å²) < 4.78 is 7.70. The van der Waals surface area contributed by atoms with Crippen LogP contribution in [-0.2, 0) is 10.3 Å². The molecule has 2 aromatic carbocycles. The highest BCUT2D eigenvalue weighted by atomic mass is 32.2. The van der Waals surface area contributed by atoms with E-state index in [-0.39, 0.29) is 12.3 Å². The highest BCUT2D eigenvalue weighted by Crippen LogP contribution is 2.41. The number of carbonyl (C=O) groups excluding carboxylic acids is 3. The van der Waals surface area contributed by atoms with E-state index in [4.69, 9.17) is 4.74 Å². The molecule has 0 aliphatic carbocycles. The van der Waals surface area contributed by atoms with Crippen molar-refractivity contribution in [1.29, 1.82) is 0 Å². The minimum atomic E-state index is -1.19. The molecule has 34 heavy (non-hydrogen) atoms. The number of nitrogens with zero attached hydrogens (tertiary/aromatic N) is 2. The van der Waals surface area contributed by atoms with Crippen LogP contribution in [0.2, 0.25) is 0 Å². The van der Waals surface area contributed by atoms with Gasteiger partial charge in [0.15, 0.2) is 11.3 Å². The van der Waals surface area contributed by atoms with Crippen LogP contribution in [0.25, 0.3) is 5.69 Å². The van der Waals surface area contributed by atoms with E-state index in [9.17, 15) is 14.4 Å². The second-order valence-electron chi connectivity index (χ2n) is 8.57. The molecule has 2 aliphatic heterocycles. The fraction of sp³-hybridized carbons (Fsp3) is 0.269. The molecule has 8 heteroatoms. The number of aryl methyl sites for hydroxylation is 1. The molecular formula is C26H25N3O4S. The molecular weight excluding hydrogens is 450 g/mol. The first kappa shape index (κ1) is 22.3. The van der Waals surface area contributed by atoms with Crippen molar-refractivity contribution < 1.29 is 19.1 Å². The molecule has 1 unspecified atom stereocenters. The second kappa shape index (κ2) is 8.36. The number of nitrogens with one attached hydrogen (secondary N) is 1. The highest BCUT2D eigenvalue weighted by molar-refractivity contribution is 7.98. The summed E-state index contributed by atoms with van der Waals surface area (Å²) in [5, 5.41) is 2.85. The molecule has 3 amide bonds. The maximum atomic E-state index is 13.5. The van der Waals surface area contributed by atoms with Gasteiger partial charge in [-0.05, 0) is 50.4 Å². The van der Waals surface area contributed by atoms with Crippen molar-refractivity contribution in [2.75, 3.05) is 19.4 Å². The number of benzene rings is 2. The molecule has 0 radical (unpaired) electrons. The minimum absolute atomic E-state index is 0.277. The number of rotatable bonds is 5. The zero-order valence-electron chi connectivity index (χ0n) is 19.3. The number of ketones is 1. The molecule has 5 rings (SSSR count). The van der Waals surface area contributed by atoms with Gasteiger partial charge in [0, 0.05) is 39.5 Å². The van der Waals surface area contributed by atoms with Crippen LogP contribution < -0.4 is 10.1 Å². The number of amides is 3. The topological polar surface area (TPSA) is 80.6 Å². The Labute approximate surface area is 202 Å². The van der Waals surface area contributed by atoms with E-state index in [1.165, 1.54) is 0 Å². The molecule has 0 bridgehead atoms. The van der Waals surface area contributed by atoms with Gasteiger partial charge in [0.25, 0.3) is 5.91 Å². The van der Waals surface area contributed by atoms with Crippen LogP contribution in [0.15, 0.2) is 59.5 Å². The van der Waals surface area contributed by atoms with Gasteiger partial charge in [-0.2, -0.15) is 0 Å². The zero-order valence-corrected chi connectivity index (χ0v) is 20.1. The highest BCUT2D eigenvalue weighted by Gasteiger charge is 2.55. The molecule has 1 saturated heterocycles. The number of Topliss-reactive ketones (excluding diaryl/α,β-unsaturated/α-hetero) is 1. The lowest BCUT2D eigenvalue weighted by molar-refractivity contribution is -0.132. The van der Waals surface area contributed by atoms with Gasteiger partial charge in [0.1, 0.15) is 5.75 Å². The molecule has 174 valence electrons. The molecule has 3 heterocycles. The number of ether oxygens (including phenoxy) is 1. The van der Waals surface area contributed by atoms with Crippen LogP contribution in [0, 0.1) is 13.8 Å². The van der Waals surface area contributed by atoms with Crippen LogP contribution in [0.3, 0.4) is 0 Å². The lowest BCUT2D eigenvalue weighted by Crippen LogP contribution is -2.47. The summed E-state index contributed by atoms with van der Waals surface area (Å²) in [4.78, 5) is 41.9. The summed E-state index contributed by atoms with van der Waals surface area (Å²) >= 11 is 1.65. The maximum Gasteiger partial charge on any atom is 0.325 e. The van der Waals surface area contributed by atoms with Gasteiger partial charge >= 0.3 is 6.03 Å². The first-order valence-corrected chi connectivity index (χ1v) is 12.3.